The second kappa shape index (κ2) is 8.74. The van der Waals surface area contributed by atoms with Gasteiger partial charge in [-0.3, -0.25) is 4.79 Å². The summed E-state index contributed by atoms with van der Waals surface area (Å²) in [5, 5.41) is 4.04. The van der Waals surface area contributed by atoms with Crippen molar-refractivity contribution in [2.24, 2.45) is 5.10 Å². The monoisotopic (exact) mass is 340 g/mol. The van der Waals surface area contributed by atoms with Crippen LogP contribution in [0.5, 0.6) is 5.75 Å². The zero-order valence-corrected chi connectivity index (χ0v) is 13.8. The van der Waals surface area contributed by atoms with Gasteiger partial charge in [-0.15, -0.1) is 0 Å². The van der Waals surface area contributed by atoms with Gasteiger partial charge in [0.25, 0.3) is 5.91 Å². The molecule has 0 atom stereocenters. The lowest BCUT2D eigenvalue weighted by Gasteiger charge is -2.07. The van der Waals surface area contributed by atoms with Crippen molar-refractivity contribution in [2.45, 2.75) is 40.0 Å². The molecule has 1 aromatic carbocycles. The van der Waals surface area contributed by atoms with Gasteiger partial charge in [-0.1, -0.05) is 29.3 Å². The van der Waals surface area contributed by atoms with Crippen LogP contribution >= 0.6 is 15.9 Å². The molecule has 0 bridgehead atoms. The molecule has 0 fully saturated rings. The van der Waals surface area contributed by atoms with Gasteiger partial charge in [0.15, 0.2) is 6.61 Å². The SMILES string of the molecule is CCCC/C(C)=N/NC(=O)COc1ccc(Br)c(C)c1. The number of hydrazone groups is 1. The molecule has 0 aliphatic carbocycles. The second-order valence-corrected chi connectivity index (χ2v) is 5.54. The molecule has 0 radical (unpaired) electrons. The van der Waals surface area contributed by atoms with Crippen LogP contribution in [0, 0.1) is 6.92 Å². The van der Waals surface area contributed by atoms with E-state index in [9.17, 15) is 4.79 Å². The highest BCUT2D eigenvalue weighted by Crippen LogP contribution is 2.21. The maximum atomic E-state index is 11.6. The standard InChI is InChI=1S/C15H21BrN2O2/c1-4-5-6-12(3)17-18-15(19)10-20-13-7-8-14(16)11(2)9-13/h7-9H,4-6,10H2,1-3H3,(H,18,19)/b17-12+. The highest BCUT2D eigenvalue weighted by Gasteiger charge is 2.03. The first kappa shape index (κ1) is 16.7. The van der Waals surface area contributed by atoms with Gasteiger partial charge in [0.2, 0.25) is 0 Å². The summed E-state index contributed by atoms with van der Waals surface area (Å²) in [6.07, 6.45) is 3.11. The number of carbonyl (C=O) groups is 1. The largest absolute Gasteiger partial charge is 0.484 e. The van der Waals surface area contributed by atoms with Crippen molar-refractivity contribution >= 4 is 27.5 Å². The number of nitrogens with zero attached hydrogens (tertiary/aromatic N) is 1. The van der Waals surface area contributed by atoms with Crippen molar-refractivity contribution in [1.82, 2.24) is 5.43 Å². The molecule has 20 heavy (non-hydrogen) atoms. The second-order valence-electron chi connectivity index (χ2n) is 4.69. The van der Waals surface area contributed by atoms with E-state index in [-0.39, 0.29) is 12.5 Å². The Morgan fingerprint density at radius 3 is 2.85 bits per heavy atom. The molecule has 1 rings (SSSR count). The normalized spacial score (nSPS) is 11.3. The summed E-state index contributed by atoms with van der Waals surface area (Å²) in [6.45, 7) is 5.97. The number of unbranched alkanes of at least 4 members (excludes halogenated alkanes) is 1. The van der Waals surface area contributed by atoms with Crippen molar-refractivity contribution < 1.29 is 9.53 Å². The van der Waals surface area contributed by atoms with E-state index in [2.05, 4.69) is 33.4 Å². The molecule has 1 N–H and O–H groups in total. The lowest BCUT2D eigenvalue weighted by Crippen LogP contribution is -2.25. The van der Waals surface area contributed by atoms with E-state index in [0.29, 0.717) is 5.75 Å². The van der Waals surface area contributed by atoms with Gasteiger partial charge in [0, 0.05) is 10.2 Å². The molecule has 0 heterocycles. The van der Waals surface area contributed by atoms with Crippen molar-refractivity contribution in [3.8, 4) is 5.75 Å². The molecule has 0 saturated carbocycles. The van der Waals surface area contributed by atoms with Gasteiger partial charge < -0.3 is 4.74 Å². The molecule has 1 amide bonds. The number of nitrogens with one attached hydrogen (secondary N) is 1. The Morgan fingerprint density at radius 2 is 2.20 bits per heavy atom. The van der Waals surface area contributed by atoms with Crippen LogP contribution in [-0.2, 0) is 4.79 Å². The molecule has 5 heteroatoms. The zero-order valence-electron chi connectivity index (χ0n) is 12.2. The van der Waals surface area contributed by atoms with Crippen molar-refractivity contribution in [3.63, 3.8) is 0 Å². The minimum absolute atomic E-state index is 0.0361. The fourth-order valence-electron chi connectivity index (χ4n) is 1.53. The fraction of sp³-hybridized carbons (Fsp3) is 0.467. The quantitative estimate of drug-likeness (QED) is 0.605. The van der Waals surface area contributed by atoms with Crippen LogP contribution in [0.1, 0.15) is 38.7 Å². The van der Waals surface area contributed by atoms with E-state index >= 15 is 0 Å². The number of aryl methyl sites for hydroxylation is 1. The van der Waals surface area contributed by atoms with E-state index in [4.69, 9.17) is 4.74 Å². The summed E-state index contributed by atoms with van der Waals surface area (Å²) in [5.41, 5.74) is 4.50. The molecule has 0 spiro atoms. The van der Waals surface area contributed by atoms with Crippen LogP contribution < -0.4 is 10.2 Å². The van der Waals surface area contributed by atoms with Crippen LogP contribution in [0.3, 0.4) is 0 Å². The number of ether oxygens (including phenoxy) is 1. The third-order valence-corrected chi connectivity index (χ3v) is 3.65. The lowest BCUT2D eigenvalue weighted by atomic mass is 10.2. The van der Waals surface area contributed by atoms with Crippen LogP contribution in [0.25, 0.3) is 0 Å². The molecule has 0 unspecified atom stereocenters. The predicted octanol–water partition coefficient (Wildman–Crippen LogP) is 3.82. The van der Waals surface area contributed by atoms with Gasteiger partial charge in [0.1, 0.15) is 5.75 Å². The van der Waals surface area contributed by atoms with Crippen LogP contribution in [-0.4, -0.2) is 18.2 Å². The Bertz CT molecular complexity index is 487. The summed E-state index contributed by atoms with van der Waals surface area (Å²) in [7, 11) is 0. The summed E-state index contributed by atoms with van der Waals surface area (Å²) in [6, 6.07) is 5.60. The molecule has 0 aliphatic heterocycles. The van der Waals surface area contributed by atoms with E-state index in [1.165, 1.54) is 0 Å². The zero-order chi connectivity index (χ0) is 15.0. The molecular weight excluding hydrogens is 320 g/mol. The van der Waals surface area contributed by atoms with Gasteiger partial charge >= 0.3 is 0 Å². The van der Waals surface area contributed by atoms with Crippen LogP contribution in [0.4, 0.5) is 0 Å². The molecule has 110 valence electrons. The average Bonchev–Trinajstić information content (AvgIpc) is 2.44. The Morgan fingerprint density at radius 1 is 1.45 bits per heavy atom. The number of carbonyl (C=O) groups excluding carboxylic acids is 1. The molecule has 1 aromatic rings. The average molecular weight is 341 g/mol. The summed E-state index contributed by atoms with van der Waals surface area (Å²) >= 11 is 3.42. The van der Waals surface area contributed by atoms with E-state index in [1.54, 1.807) is 0 Å². The Kier molecular flexibility index (Phi) is 7.30. The summed E-state index contributed by atoms with van der Waals surface area (Å²) in [4.78, 5) is 11.6. The first-order valence-corrected chi connectivity index (χ1v) is 7.53. The smallest absolute Gasteiger partial charge is 0.277 e. The van der Waals surface area contributed by atoms with E-state index in [0.717, 1.165) is 35.0 Å². The maximum Gasteiger partial charge on any atom is 0.277 e. The third-order valence-electron chi connectivity index (χ3n) is 2.76. The number of hydrogen-bond donors (Lipinski definition) is 1. The molecular formula is C15H21BrN2O2. The topological polar surface area (TPSA) is 50.7 Å². The minimum Gasteiger partial charge on any atom is -0.484 e. The lowest BCUT2D eigenvalue weighted by molar-refractivity contribution is -0.123. The van der Waals surface area contributed by atoms with Gasteiger partial charge in [0.05, 0.1) is 0 Å². The minimum atomic E-state index is -0.249. The van der Waals surface area contributed by atoms with Gasteiger partial charge in [-0.05, 0) is 50.5 Å². The predicted molar refractivity (Wildman–Crippen MR) is 85.2 cm³/mol. The van der Waals surface area contributed by atoms with E-state index < -0.39 is 0 Å². The van der Waals surface area contributed by atoms with Crippen LogP contribution in [0.15, 0.2) is 27.8 Å². The van der Waals surface area contributed by atoms with Crippen LogP contribution in [0.2, 0.25) is 0 Å². The summed E-state index contributed by atoms with van der Waals surface area (Å²) < 4.78 is 6.43. The molecule has 0 aromatic heterocycles. The number of rotatable bonds is 7. The van der Waals surface area contributed by atoms with Gasteiger partial charge in [-0.25, -0.2) is 5.43 Å². The van der Waals surface area contributed by atoms with Crippen molar-refractivity contribution in [1.29, 1.82) is 0 Å². The first-order valence-electron chi connectivity index (χ1n) is 6.74. The summed E-state index contributed by atoms with van der Waals surface area (Å²) in [5.74, 6) is 0.425. The van der Waals surface area contributed by atoms with Gasteiger partial charge in [-0.2, -0.15) is 5.10 Å². The Labute approximate surface area is 128 Å². The highest BCUT2D eigenvalue weighted by atomic mass is 79.9. The molecule has 0 saturated heterocycles. The number of benzene rings is 1. The number of halogens is 1. The maximum absolute atomic E-state index is 11.6. The first-order chi connectivity index (χ1) is 9.52. The van der Waals surface area contributed by atoms with Crippen molar-refractivity contribution in [3.05, 3.63) is 28.2 Å². The Balaban J connectivity index is 2.37. The number of amides is 1. The third kappa shape index (κ3) is 6.19. The molecule has 0 aliphatic rings. The molecule has 4 nitrogen and oxygen atoms in total. The van der Waals surface area contributed by atoms with E-state index in [1.807, 2.05) is 32.0 Å². The Hall–Kier alpha value is -1.36. The highest BCUT2D eigenvalue weighted by molar-refractivity contribution is 9.10. The number of hydrogen-bond acceptors (Lipinski definition) is 3. The van der Waals surface area contributed by atoms with Crippen molar-refractivity contribution in [2.75, 3.05) is 6.61 Å². The fourth-order valence-corrected chi connectivity index (χ4v) is 1.78.